The first-order valence-corrected chi connectivity index (χ1v) is 6.12. The van der Waals surface area contributed by atoms with Crippen molar-refractivity contribution in [3.8, 4) is 0 Å². The largest absolute Gasteiger partial charge is 0.472 e. The zero-order valence-electron chi connectivity index (χ0n) is 8.67. The van der Waals surface area contributed by atoms with Crippen LogP contribution in [0.4, 0.5) is 0 Å². The van der Waals surface area contributed by atoms with Crippen LogP contribution in [0.5, 0.6) is 0 Å². The lowest BCUT2D eigenvalue weighted by molar-refractivity contribution is 0.0252. The van der Waals surface area contributed by atoms with Gasteiger partial charge in [0.1, 0.15) is 7.85 Å². The lowest BCUT2D eigenvalue weighted by Gasteiger charge is -2.16. The molecule has 0 bridgehead atoms. The van der Waals surface area contributed by atoms with Gasteiger partial charge in [-0.2, -0.15) is 0 Å². The van der Waals surface area contributed by atoms with Crippen LogP contribution in [-0.4, -0.2) is 38.6 Å². The highest BCUT2D eigenvalue weighted by atomic mass is 31.2. The number of rotatable bonds is 4. The average Bonchev–Trinajstić information content (AvgIpc) is 2.42. The normalized spacial score (nSPS) is 36.9. The lowest BCUT2D eigenvalue weighted by atomic mass is 9.92. The minimum absolute atomic E-state index is 0.104. The summed E-state index contributed by atoms with van der Waals surface area (Å²) < 4.78 is 25.5. The van der Waals surface area contributed by atoms with E-state index in [0.29, 0.717) is 5.92 Å². The quantitative estimate of drug-likeness (QED) is 0.541. The van der Waals surface area contributed by atoms with Crippen LogP contribution in [0.2, 0.25) is 0 Å². The molecule has 1 heterocycles. The molecule has 1 fully saturated rings. The molecule has 4 atom stereocenters. The Balaban J connectivity index is 2.35. The van der Waals surface area contributed by atoms with Crippen LogP contribution in [-0.2, 0) is 18.3 Å². The Morgan fingerprint density at radius 1 is 1.71 bits per heavy atom. The van der Waals surface area contributed by atoms with Gasteiger partial charge in [-0.15, -0.1) is 0 Å². The average molecular weight is 222 g/mol. The van der Waals surface area contributed by atoms with Gasteiger partial charge in [0.25, 0.3) is 0 Å². The van der Waals surface area contributed by atoms with Crippen molar-refractivity contribution >= 4 is 15.7 Å². The first-order valence-electron chi connectivity index (χ1n) is 4.63. The van der Waals surface area contributed by atoms with Crippen LogP contribution >= 0.6 is 7.82 Å². The minimum Gasteiger partial charge on any atom is -0.381 e. The third kappa shape index (κ3) is 3.37. The summed E-state index contributed by atoms with van der Waals surface area (Å²) in [4.78, 5) is 8.99. The van der Waals surface area contributed by atoms with E-state index in [1.165, 1.54) is 0 Å². The highest BCUT2D eigenvalue weighted by Gasteiger charge is 2.32. The number of phosphoric ester groups is 1. The Labute approximate surface area is 84.8 Å². The van der Waals surface area contributed by atoms with Crippen LogP contribution in [0, 0.1) is 5.92 Å². The Hall–Kier alpha value is 0.135. The maximum Gasteiger partial charge on any atom is 0.472 e. The van der Waals surface area contributed by atoms with Gasteiger partial charge in [0.15, 0.2) is 0 Å². The van der Waals surface area contributed by atoms with Crippen LogP contribution in [0.1, 0.15) is 13.3 Å². The molecule has 1 N–H and O–H groups in total. The van der Waals surface area contributed by atoms with E-state index < -0.39 is 7.82 Å². The first kappa shape index (κ1) is 12.2. The molecule has 0 spiro atoms. The second kappa shape index (κ2) is 4.77. The summed E-state index contributed by atoms with van der Waals surface area (Å²) in [6.07, 6.45) is 0.845. The summed E-state index contributed by atoms with van der Waals surface area (Å²) in [5.74, 6) is 0.349. The van der Waals surface area contributed by atoms with E-state index in [9.17, 15) is 4.57 Å². The molecule has 0 amide bonds. The van der Waals surface area contributed by atoms with Crippen molar-refractivity contribution < 1.29 is 23.2 Å². The van der Waals surface area contributed by atoms with E-state index >= 15 is 0 Å². The van der Waals surface area contributed by atoms with Crippen molar-refractivity contribution in [3.05, 3.63) is 0 Å². The molecule has 1 rings (SSSR count). The number of hydrogen-bond acceptors (Lipinski definition) is 4. The predicted molar refractivity (Wildman–Crippen MR) is 53.8 cm³/mol. The number of ether oxygens (including phenoxy) is 1. The molecule has 1 aliphatic heterocycles. The molecular formula is C7H16BO5P. The highest BCUT2D eigenvalue weighted by Crippen LogP contribution is 2.43. The molecule has 0 aromatic carbocycles. The number of phosphoric acid groups is 1. The zero-order chi connectivity index (χ0) is 10.8. The second-order valence-corrected chi connectivity index (χ2v) is 5.21. The molecule has 82 valence electrons. The molecule has 1 aliphatic rings. The Bertz CT molecular complexity index is 236. The molecule has 14 heavy (non-hydrogen) atoms. The van der Waals surface area contributed by atoms with Gasteiger partial charge in [0.2, 0.25) is 0 Å². The topological polar surface area (TPSA) is 65.0 Å². The molecular weight excluding hydrogens is 206 g/mol. The first-order chi connectivity index (χ1) is 6.44. The van der Waals surface area contributed by atoms with Crippen LogP contribution < -0.4 is 0 Å². The standard InChI is InChI=1S/C7H16BO5P/c1-5-3-7(8)13-6(5)4-12-14(9,10)11-2/h5-7H,3-4,8H2,1-2H3,(H,9,10)/t5?,6-,7-/m1/s1. The fraction of sp³-hybridized carbons (Fsp3) is 1.00. The van der Waals surface area contributed by atoms with Crippen molar-refractivity contribution in [2.75, 3.05) is 13.7 Å². The summed E-state index contributed by atoms with van der Waals surface area (Å²) >= 11 is 0. The molecule has 1 saturated heterocycles. The van der Waals surface area contributed by atoms with Crippen LogP contribution in [0.3, 0.4) is 0 Å². The number of hydrogen-bond donors (Lipinski definition) is 1. The van der Waals surface area contributed by atoms with Gasteiger partial charge in [-0.25, -0.2) is 4.57 Å². The molecule has 2 unspecified atom stereocenters. The molecule has 0 aliphatic carbocycles. The molecule has 0 radical (unpaired) electrons. The second-order valence-electron chi connectivity index (χ2n) is 3.65. The van der Waals surface area contributed by atoms with Gasteiger partial charge in [-0.05, 0) is 12.3 Å². The zero-order valence-corrected chi connectivity index (χ0v) is 9.57. The third-order valence-electron chi connectivity index (χ3n) is 2.38. The monoisotopic (exact) mass is 222 g/mol. The molecule has 7 heteroatoms. The summed E-state index contributed by atoms with van der Waals surface area (Å²) in [5, 5.41) is 0. The summed E-state index contributed by atoms with van der Waals surface area (Å²) in [5.41, 5.74) is 0. The van der Waals surface area contributed by atoms with Crippen molar-refractivity contribution in [2.24, 2.45) is 5.92 Å². The van der Waals surface area contributed by atoms with E-state index in [2.05, 4.69) is 4.52 Å². The lowest BCUT2D eigenvalue weighted by Crippen LogP contribution is -2.20. The fourth-order valence-corrected chi connectivity index (χ4v) is 2.03. The molecule has 0 aromatic rings. The van der Waals surface area contributed by atoms with Gasteiger partial charge >= 0.3 is 7.82 Å². The van der Waals surface area contributed by atoms with Gasteiger partial charge in [-0.3, -0.25) is 9.05 Å². The van der Waals surface area contributed by atoms with Crippen molar-refractivity contribution in [3.63, 3.8) is 0 Å². The van der Waals surface area contributed by atoms with Crippen molar-refractivity contribution in [2.45, 2.75) is 25.5 Å². The van der Waals surface area contributed by atoms with Crippen LogP contribution in [0.25, 0.3) is 0 Å². The predicted octanol–water partition coefficient (Wildman–Crippen LogP) is 0.134. The van der Waals surface area contributed by atoms with Crippen LogP contribution in [0.15, 0.2) is 0 Å². The summed E-state index contributed by atoms with van der Waals surface area (Å²) in [7, 11) is -0.733. The van der Waals surface area contributed by atoms with Gasteiger partial charge in [-0.1, -0.05) is 6.92 Å². The molecule has 0 aromatic heterocycles. The van der Waals surface area contributed by atoms with E-state index in [1.807, 2.05) is 14.8 Å². The Kier molecular flexibility index (Phi) is 4.16. The summed E-state index contributed by atoms with van der Waals surface area (Å²) in [6.45, 7) is 2.14. The van der Waals surface area contributed by atoms with Crippen molar-refractivity contribution in [1.82, 2.24) is 0 Å². The Morgan fingerprint density at radius 2 is 2.36 bits per heavy atom. The van der Waals surface area contributed by atoms with Gasteiger partial charge < -0.3 is 9.63 Å². The van der Waals surface area contributed by atoms with E-state index in [-0.39, 0.29) is 18.7 Å². The van der Waals surface area contributed by atoms with E-state index in [1.54, 1.807) is 0 Å². The SMILES string of the molecule is B[C@H]1CC(C)[C@@H](COP(=O)(O)OC)O1. The van der Waals surface area contributed by atoms with E-state index in [4.69, 9.17) is 14.2 Å². The summed E-state index contributed by atoms with van der Waals surface area (Å²) in [6, 6.07) is 0.194. The highest BCUT2D eigenvalue weighted by molar-refractivity contribution is 7.47. The van der Waals surface area contributed by atoms with Gasteiger partial charge in [0.05, 0.1) is 12.7 Å². The molecule has 0 saturated carbocycles. The minimum atomic E-state index is -3.85. The molecule has 5 nitrogen and oxygen atoms in total. The Morgan fingerprint density at radius 3 is 2.79 bits per heavy atom. The third-order valence-corrected chi connectivity index (χ3v) is 3.31. The maximum atomic E-state index is 11.0. The smallest absolute Gasteiger partial charge is 0.381 e. The van der Waals surface area contributed by atoms with Crippen molar-refractivity contribution in [1.29, 1.82) is 0 Å². The van der Waals surface area contributed by atoms with Gasteiger partial charge in [0, 0.05) is 13.1 Å². The maximum absolute atomic E-state index is 11.0. The van der Waals surface area contributed by atoms with E-state index in [0.717, 1.165) is 13.5 Å². The fourth-order valence-electron chi connectivity index (χ4n) is 1.59.